The van der Waals surface area contributed by atoms with Crippen LogP contribution in [0.3, 0.4) is 0 Å². The van der Waals surface area contributed by atoms with E-state index in [-0.39, 0.29) is 22.5 Å². The molecular formula is C9H16N4O3S. The van der Waals surface area contributed by atoms with Crippen molar-refractivity contribution in [3.8, 4) is 0 Å². The summed E-state index contributed by atoms with van der Waals surface area (Å²) < 4.78 is 23.8. The highest BCUT2D eigenvalue weighted by Gasteiger charge is 2.20. The van der Waals surface area contributed by atoms with Crippen molar-refractivity contribution in [1.29, 1.82) is 0 Å². The first-order valence-electron chi connectivity index (χ1n) is 5.06. The van der Waals surface area contributed by atoms with Gasteiger partial charge in [0.25, 0.3) is 0 Å². The molecule has 96 valence electrons. The Morgan fingerprint density at radius 1 is 1.59 bits per heavy atom. The topological polar surface area (TPSA) is 107 Å². The molecule has 0 saturated heterocycles. The summed E-state index contributed by atoms with van der Waals surface area (Å²) in [7, 11) is -2.34. The maximum Gasteiger partial charge on any atom is 0.243 e. The number of primary sulfonamides is 1. The summed E-state index contributed by atoms with van der Waals surface area (Å²) in [6, 6.07) is 0. The van der Waals surface area contributed by atoms with E-state index in [1.54, 1.807) is 7.05 Å². The standard InChI is InChI=1S/C9H16N4O3S/c1-6(2)4-8(14)11-9-7(17(10,15)16)5-13(3)12-9/h5-6H,4H2,1-3H3,(H2,10,15,16)(H,11,12,14). The van der Waals surface area contributed by atoms with Gasteiger partial charge in [-0.25, -0.2) is 13.6 Å². The molecular weight excluding hydrogens is 244 g/mol. The number of hydrogen-bond donors (Lipinski definition) is 2. The smallest absolute Gasteiger partial charge is 0.243 e. The third kappa shape index (κ3) is 3.82. The maximum atomic E-state index is 11.5. The summed E-state index contributed by atoms with van der Waals surface area (Å²) in [5.74, 6) is -0.138. The van der Waals surface area contributed by atoms with Gasteiger partial charge in [-0.2, -0.15) is 5.10 Å². The van der Waals surface area contributed by atoms with Crippen LogP contribution in [-0.4, -0.2) is 24.1 Å². The molecule has 0 bridgehead atoms. The highest BCUT2D eigenvalue weighted by Crippen LogP contribution is 2.17. The number of aryl methyl sites for hydroxylation is 1. The molecule has 0 aliphatic carbocycles. The molecule has 0 aliphatic rings. The number of rotatable bonds is 4. The zero-order chi connectivity index (χ0) is 13.2. The molecule has 0 unspecified atom stereocenters. The highest BCUT2D eigenvalue weighted by atomic mass is 32.2. The van der Waals surface area contributed by atoms with Crippen molar-refractivity contribution in [1.82, 2.24) is 9.78 Å². The average Bonchev–Trinajstić information content (AvgIpc) is 2.43. The van der Waals surface area contributed by atoms with Gasteiger partial charge in [-0.05, 0) is 5.92 Å². The third-order valence-electron chi connectivity index (χ3n) is 1.95. The largest absolute Gasteiger partial charge is 0.308 e. The SMILES string of the molecule is CC(C)CC(=O)Nc1nn(C)cc1S(N)(=O)=O. The van der Waals surface area contributed by atoms with Gasteiger partial charge in [-0.3, -0.25) is 9.48 Å². The van der Waals surface area contributed by atoms with Crippen molar-refractivity contribution in [2.24, 2.45) is 18.1 Å². The fourth-order valence-corrected chi connectivity index (χ4v) is 1.98. The molecule has 1 aromatic rings. The lowest BCUT2D eigenvalue weighted by Gasteiger charge is -2.05. The molecule has 0 atom stereocenters. The molecule has 17 heavy (non-hydrogen) atoms. The Bertz CT molecular complexity index is 518. The van der Waals surface area contributed by atoms with E-state index in [9.17, 15) is 13.2 Å². The second-order valence-corrected chi connectivity index (χ2v) is 5.74. The number of sulfonamides is 1. The van der Waals surface area contributed by atoms with Gasteiger partial charge in [0, 0.05) is 19.7 Å². The van der Waals surface area contributed by atoms with E-state index >= 15 is 0 Å². The fraction of sp³-hybridized carbons (Fsp3) is 0.556. The van der Waals surface area contributed by atoms with E-state index in [0.717, 1.165) is 0 Å². The van der Waals surface area contributed by atoms with Crippen molar-refractivity contribution in [3.05, 3.63) is 6.20 Å². The summed E-state index contributed by atoms with van der Waals surface area (Å²) in [6.07, 6.45) is 1.54. The lowest BCUT2D eigenvalue weighted by molar-refractivity contribution is -0.116. The number of nitrogens with one attached hydrogen (secondary N) is 1. The molecule has 1 aromatic heterocycles. The number of nitrogens with two attached hydrogens (primary N) is 1. The summed E-state index contributed by atoms with van der Waals surface area (Å²) in [5.41, 5.74) is 0. The predicted molar refractivity (Wildman–Crippen MR) is 62.7 cm³/mol. The molecule has 0 aliphatic heterocycles. The summed E-state index contributed by atoms with van der Waals surface area (Å²) in [6.45, 7) is 3.77. The van der Waals surface area contributed by atoms with E-state index in [0.29, 0.717) is 6.42 Å². The zero-order valence-electron chi connectivity index (χ0n) is 9.97. The molecule has 1 rings (SSSR count). The van der Waals surface area contributed by atoms with Crippen LogP contribution >= 0.6 is 0 Å². The summed E-state index contributed by atoms with van der Waals surface area (Å²) >= 11 is 0. The van der Waals surface area contributed by atoms with E-state index in [1.165, 1.54) is 10.9 Å². The fourth-order valence-electron chi connectivity index (χ4n) is 1.32. The lowest BCUT2D eigenvalue weighted by atomic mass is 10.1. The molecule has 1 heterocycles. The van der Waals surface area contributed by atoms with Gasteiger partial charge in [0.2, 0.25) is 15.9 Å². The third-order valence-corrected chi connectivity index (χ3v) is 2.87. The minimum atomic E-state index is -3.88. The number of carbonyl (C=O) groups excluding carboxylic acids is 1. The zero-order valence-corrected chi connectivity index (χ0v) is 10.8. The number of nitrogens with zero attached hydrogens (tertiary/aromatic N) is 2. The molecule has 0 fully saturated rings. The van der Waals surface area contributed by atoms with Crippen LogP contribution in [0.15, 0.2) is 11.1 Å². The van der Waals surface area contributed by atoms with Gasteiger partial charge in [0.15, 0.2) is 5.82 Å². The van der Waals surface area contributed by atoms with E-state index in [4.69, 9.17) is 5.14 Å². The maximum absolute atomic E-state index is 11.5. The molecule has 0 spiro atoms. The molecule has 0 radical (unpaired) electrons. The van der Waals surface area contributed by atoms with Gasteiger partial charge in [0.05, 0.1) is 0 Å². The van der Waals surface area contributed by atoms with Gasteiger partial charge in [0.1, 0.15) is 4.90 Å². The molecule has 8 heteroatoms. The van der Waals surface area contributed by atoms with Crippen molar-refractivity contribution < 1.29 is 13.2 Å². The Labute approximate surface area is 100 Å². The van der Waals surface area contributed by atoms with Crippen molar-refractivity contribution in [2.45, 2.75) is 25.2 Å². The van der Waals surface area contributed by atoms with Gasteiger partial charge >= 0.3 is 0 Å². The van der Waals surface area contributed by atoms with Crippen molar-refractivity contribution >= 4 is 21.7 Å². The normalized spacial score (nSPS) is 11.8. The summed E-state index contributed by atoms with van der Waals surface area (Å²) in [5, 5.41) is 11.3. The van der Waals surface area contributed by atoms with Crippen LogP contribution in [0.25, 0.3) is 0 Å². The minimum Gasteiger partial charge on any atom is -0.308 e. The summed E-state index contributed by atoms with van der Waals surface area (Å²) in [4.78, 5) is 11.3. The molecule has 0 saturated carbocycles. The second-order valence-electron chi connectivity index (χ2n) is 4.21. The van der Waals surface area contributed by atoms with Crippen LogP contribution in [0, 0.1) is 5.92 Å². The highest BCUT2D eigenvalue weighted by molar-refractivity contribution is 7.89. The number of hydrogen-bond acceptors (Lipinski definition) is 4. The Balaban J connectivity index is 2.96. The Hall–Kier alpha value is -1.41. The monoisotopic (exact) mass is 260 g/mol. The second kappa shape index (κ2) is 4.84. The first-order chi connectivity index (χ1) is 7.70. The van der Waals surface area contributed by atoms with Crippen molar-refractivity contribution in [3.63, 3.8) is 0 Å². The Kier molecular flexibility index (Phi) is 3.89. The van der Waals surface area contributed by atoms with E-state index in [2.05, 4.69) is 10.4 Å². The van der Waals surface area contributed by atoms with Crippen LogP contribution in [0.4, 0.5) is 5.82 Å². The van der Waals surface area contributed by atoms with Crippen LogP contribution in [0.1, 0.15) is 20.3 Å². The minimum absolute atomic E-state index is 0.0272. The molecule has 1 amide bonds. The van der Waals surface area contributed by atoms with E-state index < -0.39 is 10.0 Å². The average molecular weight is 260 g/mol. The van der Waals surface area contributed by atoms with Gasteiger partial charge in [-0.1, -0.05) is 13.8 Å². The van der Waals surface area contributed by atoms with Crippen LogP contribution in [0.5, 0.6) is 0 Å². The van der Waals surface area contributed by atoms with Crippen LogP contribution in [0.2, 0.25) is 0 Å². The first kappa shape index (κ1) is 13.7. The predicted octanol–water partition coefficient (Wildman–Crippen LogP) is 0.0521. The number of carbonyl (C=O) groups is 1. The quantitative estimate of drug-likeness (QED) is 0.797. The Morgan fingerprint density at radius 3 is 2.65 bits per heavy atom. The molecule has 7 nitrogen and oxygen atoms in total. The van der Waals surface area contributed by atoms with Crippen molar-refractivity contribution in [2.75, 3.05) is 5.32 Å². The van der Waals surface area contributed by atoms with Gasteiger partial charge < -0.3 is 5.32 Å². The lowest BCUT2D eigenvalue weighted by Crippen LogP contribution is -2.18. The molecule has 0 aromatic carbocycles. The first-order valence-corrected chi connectivity index (χ1v) is 6.61. The van der Waals surface area contributed by atoms with Crippen LogP contribution < -0.4 is 10.5 Å². The number of amides is 1. The van der Waals surface area contributed by atoms with E-state index in [1.807, 2.05) is 13.8 Å². The van der Waals surface area contributed by atoms with Gasteiger partial charge in [-0.15, -0.1) is 0 Å². The number of anilines is 1. The van der Waals surface area contributed by atoms with Crippen LogP contribution in [-0.2, 0) is 21.9 Å². The molecule has 3 N–H and O–H groups in total. The Morgan fingerprint density at radius 2 is 2.18 bits per heavy atom. The number of aromatic nitrogens is 2.